The Morgan fingerprint density at radius 1 is 1.00 bits per heavy atom. The number of Topliss-reactive ketones (excluding diaryl/α,β-unsaturated/α-hetero) is 1. The zero-order chi connectivity index (χ0) is 23.6. The van der Waals surface area contributed by atoms with Crippen LogP contribution in [0.5, 0.6) is 5.75 Å². The van der Waals surface area contributed by atoms with Gasteiger partial charge in [0.1, 0.15) is 17.8 Å². The molecule has 1 aromatic carbocycles. The standard InChI is InChI=1S/C29H33NO4/c1-3-4-17-8-12-19-21-13-15(2)5-11-20(21)27-24(19)23(17)26(31)25-22(28(32)30-29(25)33)14-16-6-9-18(34-27)10-7-16/h3-4,6-10,12,15,17,19-25,27H,5,11,13-14H2,1-2H3,(H,30,32,33)/b4-3-/t15-,17+,19+,20-,21+,22+,23+,24+,25-,27+/m1/s1. The first-order valence-electron chi connectivity index (χ1n) is 12.9. The van der Waals surface area contributed by atoms with Gasteiger partial charge in [0.25, 0.3) is 0 Å². The number of hydrogen-bond acceptors (Lipinski definition) is 4. The van der Waals surface area contributed by atoms with Gasteiger partial charge in [0.05, 0.1) is 5.92 Å². The molecule has 34 heavy (non-hydrogen) atoms. The predicted octanol–water partition coefficient (Wildman–Crippen LogP) is 4.12. The molecule has 1 saturated heterocycles. The van der Waals surface area contributed by atoms with E-state index >= 15 is 0 Å². The van der Waals surface area contributed by atoms with E-state index in [0.29, 0.717) is 24.2 Å². The van der Waals surface area contributed by atoms with Gasteiger partial charge in [0.2, 0.25) is 11.8 Å². The fraction of sp³-hybridized carbons (Fsp3) is 0.552. The highest BCUT2D eigenvalue weighted by molar-refractivity contribution is 6.16. The molecule has 2 saturated carbocycles. The number of hydrogen-bond donors (Lipinski definition) is 1. The first kappa shape index (κ1) is 21.8. The summed E-state index contributed by atoms with van der Waals surface area (Å²) >= 11 is 0. The molecule has 1 aromatic rings. The molecule has 2 bridgehead atoms. The topological polar surface area (TPSA) is 72.5 Å². The lowest BCUT2D eigenvalue weighted by molar-refractivity contribution is -0.139. The zero-order valence-corrected chi connectivity index (χ0v) is 19.9. The molecular formula is C29H33NO4. The summed E-state index contributed by atoms with van der Waals surface area (Å²) in [5, 5.41) is 2.48. The fourth-order valence-corrected chi connectivity index (χ4v) is 7.87. The van der Waals surface area contributed by atoms with Gasteiger partial charge in [0, 0.05) is 17.8 Å². The number of ketones is 1. The Labute approximate surface area is 201 Å². The maximum absolute atomic E-state index is 14.3. The van der Waals surface area contributed by atoms with Crippen LogP contribution >= 0.6 is 0 Å². The average molecular weight is 460 g/mol. The summed E-state index contributed by atoms with van der Waals surface area (Å²) in [7, 11) is 0. The van der Waals surface area contributed by atoms with E-state index in [-0.39, 0.29) is 41.5 Å². The van der Waals surface area contributed by atoms with Crippen LogP contribution in [0.25, 0.3) is 0 Å². The van der Waals surface area contributed by atoms with Gasteiger partial charge in [-0.15, -0.1) is 0 Å². The van der Waals surface area contributed by atoms with Crippen LogP contribution in [0.1, 0.15) is 38.7 Å². The van der Waals surface area contributed by atoms with Crippen molar-refractivity contribution >= 4 is 17.6 Å². The minimum atomic E-state index is -0.932. The van der Waals surface area contributed by atoms with Crippen LogP contribution in [-0.4, -0.2) is 23.7 Å². The molecule has 0 radical (unpaired) electrons. The molecule has 1 N–H and O–H groups in total. The Kier molecular flexibility index (Phi) is 5.27. The largest absolute Gasteiger partial charge is 0.490 e. The maximum atomic E-state index is 14.3. The third-order valence-electron chi connectivity index (χ3n) is 9.31. The van der Waals surface area contributed by atoms with Crippen LogP contribution in [-0.2, 0) is 20.8 Å². The molecule has 0 spiro atoms. The number of nitrogens with one attached hydrogen (secondary N) is 1. The molecule has 3 fully saturated rings. The SMILES string of the molecule is C/C=C\[C@H]1C=C[C@H]2[C@@H]3C[C@H](C)CC[C@H]3[C@@H]3Oc4ccc(cc4)C[C@@H]4C(=O)NC(=O)[C@H]4C(=O)[C@@H]1[C@H]23. The molecule has 5 heteroatoms. The highest BCUT2D eigenvalue weighted by atomic mass is 16.5. The van der Waals surface area contributed by atoms with E-state index in [0.717, 1.165) is 24.2 Å². The van der Waals surface area contributed by atoms with Crippen molar-refractivity contribution in [1.29, 1.82) is 0 Å². The lowest BCUT2D eigenvalue weighted by atomic mass is 9.64. The van der Waals surface area contributed by atoms with Gasteiger partial charge in [-0.05, 0) is 67.6 Å². The molecule has 0 aromatic heterocycles. The molecule has 6 aliphatic rings. The summed E-state index contributed by atoms with van der Waals surface area (Å²) in [5.41, 5.74) is 0.944. The van der Waals surface area contributed by atoms with Crippen molar-refractivity contribution in [2.24, 2.45) is 53.3 Å². The number of fused-ring (bicyclic) bond motifs is 4. The summed E-state index contributed by atoms with van der Waals surface area (Å²) in [6, 6.07) is 7.94. The molecule has 2 amide bonds. The van der Waals surface area contributed by atoms with Crippen LogP contribution in [0, 0.1) is 53.3 Å². The van der Waals surface area contributed by atoms with Crippen LogP contribution < -0.4 is 10.1 Å². The van der Waals surface area contributed by atoms with Crippen LogP contribution in [0.15, 0.2) is 48.6 Å². The smallest absolute Gasteiger partial charge is 0.237 e. The number of amides is 2. The van der Waals surface area contributed by atoms with Crippen LogP contribution in [0.3, 0.4) is 0 Å². The molecule has 178 valence electrons. The number of carbonyl (C=O) groups is 3. The van der Waals surface area contributed by atoms with Crippen molar-refractivity contribution in [3.8, 4) is 5.75 Å². The summed E-state index contributed by atoms with van der Waals surface area (Å²) in [6.45, 7) is 4.30. The lowest BCUT2D eigenvalue weighted by Gasteiger charge is -2.39. The highest BCUT2D eigenvalue weighted by Gasteiger charge is 2.60. The normalized spacial score (nSPS) is 42.9. The lowest BCUT2D eigenvalue weighted by Crippen LogP contribution is -2.46. The van der Waals surface area contributed by atoms with Crippen molar-refractivity contribution in [1.82, 2.24) is 5.32 Å². The summed E-state index contributed by atoms with van der Waals surface area (Å²) in [5.74, 6) is -0.223. The molecule has 3 heterocycles. The fourth-order valence-electron chi connectivity index (χ4n) is 7.87. The van der Waals surface area contributed by atoms with E-state index in [1.54, 1.807) is 0 Å². The number of imide groups is 1. The molecule has 3 aliphatic heterocycles. The first-order chi connectivity index (χ1) is 16.5. The summed E-state index contributed by atoms with van der Waals surface area (Å²) < 4.78 is 6.76. The minimum Gasteiger partial charge on any atom is -0.490 e. The monoisotopic (exact) mass is 459 g/mol. The Bertz CT molecular complexity index is 1070. The van der Waals surface area contributed by atoms with E-state index < -0.39 is 17.7 Å². The predicted molar refractivity (Wildman–Crippen MR) is 128 cm³/mol. The Morgan fingerprint density at radius 2 is 1.79 bits per heavy atom. The van der Waals surface area contributed by atoms with E-state index in [1.807, 2.05) is 37.3 Å². The number of benzene rings is 1. The first-order valence-corrected chi connectivity index (χ1v) is 12.9. The minimum absolute atomic E-state index is 0.00209. The van der Waals surface area contributed by atoms with Gasteiger partial charge >= 0.3 is 0 Å². The van der Waals surface area contributed by atoms with Crippen LogP contribution in [0.2, 0.25) is 0 Å². The van der Waals surface area contributed by atoms with Gasteiger partial charge in [-0.1, -0.05) is 49.8 Å². The second-order valence-electron chi connectivity index (χ2n) is 11.2. The molecule has 10 atom stereocenters. The van der Waals surface area contributed by atoms with E-state index in [2.05, 4.69) is 30.5 Å². The number of allylic oxidation sites excluding steroid dienone is 4. The number of rotatable bonds is 1. The van der Waals surface area contributed by atoms with Gasteiger partial charge in [-0.25, -0.2) is 0 Å². The van der Waals surface area contributed by atoms with E-state index in [4.69, 9.17) is 4.74 Å². The molecule has 5 nitrogen and oxygen atoms in total. The third-order valence-corrected chi connectivity index (χ3v) is 9.31. The van der Waals surface area contributed by atoms with Gasteiger partial charge in [-0.2, -0.15) is 0 Å². The van der Waals surface area contributed by atoms with E-state index in [1.165, 1.54) is 6.42 Å². The zero-order valence-electron chi connectivity index (χ0n) is 19.9. The van der Waals surface area contributed by atoms with Crippen molar-refractivity contribution in [3.05, 3.63) is 54.1 Å². The number of ether oxygens (including phenoxy) is 1. The van der Waals surface area contributed by atoms with E-state index in [9.17, 15) is 14.4 Å². The van der Waals surface area contributed by atoms with Gasteiger partial charge in [-0.3, -0.25) is 19.7 Å². The molecule has 0 unspecified atom stereocenters. The maximum Gasteiger partial charge on any atom is 0.237 e. The highest BCUT2D eigenvalue weighted by Crippen LogP contribution is 2.58. The van der Waals surface area contributed by atoms with Crippen molar-refractivity contribution in [2.75, 3.05) is 0 Å². The molecule has 3 aliphatic carbocycles. The molecular weight excluding hydrogens is 426 g/mol. The number of carbonyl (C=O) groups excluding carboxylic acids is 3. The Morgan fingerprint density at radius 3 is 2.56 bits per heavy atom. The van der Waals surface area contributed by atoms with Gasteiger partial charge < -0.3 is 4.74 Å². The Balaban J connectivity index is 1.52. The second kappa shape index (κ2) is 8.21. The summed E-state index contributed by atoms with van der Waals surface area (Å²) in [4.78, 5) is 40.1. The van der Waals surface area contributed by atoms with Crippen molar-refractivity contribution in [2.45, 2.75) is 45.6 Å². The Hall–Kier alpha value is -2.69. The van der Waals surface area contributed by atoms with Gasteiger partial charge in [0.15, 0.2) is 5.78 Å². The second-order valence-corrected chi connectivity index (χ2v) is 11.2. The van der Waals surface area contributed by atoms with Crippen molar-refractivity contribution < 1.29 is 19.1 Å². The van der Waals surface area contributed by atoms with Crippen LogP contribution in [0.4, 0.5) is 0 Å². The van der Waals surface area contributed by atoms with Crippen molar-refractivity contribution in [3.63, 3.8) is 0 Å². The quantitative estimate of drug-likeness (QED) is 0.390. The summed E-state index contributed by atoms with van der Waals surface area (Å²) in [6.07, 6.45) is 12.3. The molecule has 7 rings (SSSR count). The third kappa shape index (κ3) is 3.30. The average Bonchev–Trinajstić information content (AvgIpc) is 3.26.